The molecule has 2 aliphatic heterocycles. The van der Waals surface area contributed by atoms with Gasteiger partial charge in [-0.05, 0) is 50.5 Å². The Labute approximate surface area is 199 Å². The van der Waals surface area contributed by atoms with Gasteiger partial charge in [0.1, 0.15) is 6.04 Å². The van der Waals surface area contributed by atoms with Crippen molar-refractivity contribution in [1.29, 1.82) is 0 Å². The van der Waals surface area contributed by atoms with Crippen LogP contribution in [0.3, 0.4) is 0 Å². The zero-order chi connectivity index (χ0) is 24.6. The van der Waals surface area contributed by atoms with E-state index in [1.54, 1.807) is 12.1 Å². The summed E-state index contributed by atoms with van der Waals surface area (Å²) in [5.41, 5.74) is 8.50. The van der Waals surface area contributed by atoms with Crippen LogP contribution in [0.5, 0.6) is 0 Å². The van der Waals surface area contributed by atoms with Crippen LogP contribution in [0.2, 0.25) is 0 Å². The molecule has 0 aliphatic carbocycles. The molecule has 2 aromatic carbocycles. The maximum atomic E-state index is 13.2. The van der Waals surface area contributed by atoms with Crippen LogP contribution in [-0.2, 0) is 16.1 Å². The highest BCUT2D eigenvalue weighted by Crippen LogP contribution is 2.30. The quantitative estimate of drug-likeness (QED) is 0.611. The number of piperidine rings is 1. The number of nitrogens with zero attached hydrogens (tertiary/aromatic N) is 2. The van der Waals surface area contributed by atoms with E-state index in [-0.39, 0.29) is 30.0 Å². The summed E-state index contributed by atoms with van der Waals surface area (Å²) >= 11 is 0. The van der Waals surface area contributed by atoms with Gasteiger partial charge < -0.3 is 5.73 Å². The van der Waals surface area contributed by atoms with Gasteiger partial charge in [0.15, 0.2) is 0 Å². The molecule has 3 N–H and O–H groups in total. The van der Waals surface area contributed by atoms with Crippen LogP contribution < -0.4 is 11.1 Å². The smallest absolute Gasteiger partial charge is 0.262 e. The molecule has 34 heavy (non-hydrogen) atoms. The molecule has 1 fully saturated rings. The van der Waals surface area contributed by atoms with Crippen molar-refractivity contribution in [3.8, 4) is 0 Å². The Kier molecular flexibility index (Phi) is 6.38. The first-order valence-electron chi connectivity index (χ1n) is 11.5. The van der Waals surface area contributed by atoms with Crippen molar-refractivity contribution in [2.45, 2.75) is 57.8 Å². The molecule has 8 nitrogen and oxygen atoms in total. The molecule has 2 unspecified atom stereocenters. The Morgan fingerprint density at radius 1 is 1.06 bits per heavy atom. The van der Waals surface area contributed by atoms with Crippen molar-refractivity contribution in [1.82, 2.24) is 15.1 Å². The van der Waals surface area contributed by atoms with Gasteiger partial charge in [-0.3, -0.25) is 34.3 Å². The molecule has 0 radical (unpaired) electrons. The second-order valence-electron chi connectivity index (χ2n) is 9.81. The number of amides is 4. The molecule has 0 saturated carbocycles. The van der Waals surface area contributed by atoms with Crippen LogP contribution >= 0.6 is 0 Å². The Hall–Kier alpha value is -3.36. The summed E-state index contributed by atoms with van der Waals surface area (Å²) in [6.45, 7) is 7.22. The summed E-state index contributed by atoms with van der Waals surface area (Å²) in [6, 6.07) is 14.5. The first-order chi connectivity index (χ1) is 16.0. The minimum atomic E-state index is -0.971. The molecule has 4 rings (SSSR count). The fourth-order valence-corrected chi connectivity index (χ4v) is 4.65. The van der Waals surface area contributed by atoms with Crippen molar-refractivity contribution in [2.24, 2.45) is 5.73 Å². The number of benzene rings is 2. The monoisotopic (exact) mass is 462 g/mol. The van der Waals surface area contributed by atoms with Gasteiger partial charge >= 0.3 is 0 Å². The maximum absolute atomic E-state index is 13.2. The highest BCUT2D eigenvalue weighted by atomic mass is 16.2. The molecule has 2 atom stereocenters. The lowest BCUT2D eigenvalue weighted by atomic mass is 10.00. The predicted octanol–water partition coefficient (Wildman–Crippen LogP) is 2.39. The Morgan fingerprint density at radius 3 is 2.38 bits per heavy atom. The molecule has 0 aromatic heterocycles. The first kappa shape index (κ1) is 23.8. The number of hydrogen-bond donors (Lipinski definition) is 2. The number of nitrogens with one attached hydrogen (secondary N) is 1. The molecule has 8 heteroatoms. The number of carbonyl (C=O) groups is 4. The summed E-state index contributed by atoms with van der Waals surface area (Å²) in [7, 11) is 0. The van der Waals surface area contributed by atoms with Gasteiger partial charge in [-0.15, -0.1) is 0 Å². The number of rotatable bonds is 7. The first-order valence-corrected chi connectivity index (χ1v) is 11.5. The molecule has 1 saturated heterocycles. The highest BCUT2D eigenvalue weighted by Gasteiger charge is 2.44. The summed E-state index contributed by atoms with van der Waals surface area (Å²) in [4.78, 5) is 53.1. The normalized spacial score (nSPS) is 19.4. The number of hydrogen-bond acceptors (Lipinski definition) is 6. The van der Waals surface area contributed by atoms with Gasteiger partial charge in [0.05, 0.1) is 11.1 Å². The summed E-state index contributed by atoms with van der Waals surface area (Å²) in [5, 5.41) is 2.22. The van der Waals surface area contributed by atoms with Crippen LogP contribution in [0.25, 0.3) is 0 Å². The second-order valence-corrected chi connectivity index (χ2v) is 9.81. The van der Waals surface area contributed by atoms with Crippen molar-refractivity contribution in [2.75, 3.05) is 6.54 Å². The lowest BCUT2D eigenvalue weighted by molar-refractivity contribution is -0.136. The van der Waals surface area contributed by atoms with E-state index in [0.717, 1.165) is 16.0 Å². The van der Waals surface area contributed by atoms with Gasteiger partial charge in [0.25, 0.3) is 11.8 Å². The Morgan fingerprint density at radius 2 is 1.74 bits per heavy atom. The van der Waals surface area contributed by atoms with E-state index in [1.165, 1.54) is 0 Å². The van der Waals surface area contributed by atoms with Crippen LogP contribution in [0, 0.1) is 0 Å². The lowest BCUT2D eigenvalue weighted by Crippen LogP contribution is -2.54. The van der Waals surface area contributed by atoms with Crippen LogP contribution in [-0.4, -0.2) is 51.6 Å². The summed E-state index contributed by atoms with van der Waals surface area (Å²) in [6.07, 6.45) is 0.229. The third-order valence-electron chi connectivity index (χ3n) is 6.33. The fraction of sp³-hybridized carbons (Fsp3) is 0.385. The van der Waals surface area contributed by atoms with E-state index in [9.17, 15) is 19.2 Å². The van der Waals surface area contributed by atoms with Crippen molar-refractivity contribution < 1.29 is 19.2 Å². The fourth-order valence-electron chi connectivity index (χ4n) is 4.65. The largest absolute Gasteiger partial charge is 0.324 e. The van der Waals surface area contributed by atoms with E-state index in [1.807, 2.05) is 38.1 Å². The minimum Gasteiger partial charge on any atom is -0.324 e. The third-order valence-corrected chi connectivity index (χ3v) is 6.33. The second kappa shape index (κ2) is 9.12. The van der Waals surface area contributed by atoms with Crippen LogP contribution in [0.1, 0.15) is 71.5 Å². The number of nitrogens with two attached hydrogens (primary N) is 1. The van der Waals surface area contributed by atoms with Gasteiger partial charge in [0, 0.05) is 31.1 Å². The Balaban J connectivity index is 1.59. The average molecular weight is 463 g/mol. The molecular weight excluding hydrogens is 432 g/mol. The molecule has 0 bridgehead atoms. The van der Waals surface area contributed by atoms with Gasteiger partial charge in [-0.1, -0.05) is 36.4 Å². The number of carbonyl (C=O) groups excluding carboxylic acids is 4. The molecule has 178 valence electrons. The molecule has 2 heterocycles. The third kappa shape index (κ3) is 4.78. The van der Waals surface area contributed by atoms with Gasteiger partial charge in [-0.2, -0.15) is 0 Å². The van der Waals surface area contributed by atoms with Crippen molar-refractivity contribution in [3.05, 3.63) is 70.8 Å². The van der Waals surface area contributed by atoms with E-state index in [2.05, 4.69) is 29.3 Å². The molecule has 2 aliphatic rings. The standard InChI is InChI=1S/C26H30N4O4/c1-16(18-7-5-4-6-8-18)29(15-26(2,3)27)14-17-9-10-19-20(13-17)25(34)30(24(19)33)21-11-12-22(31)28-23(21)32/h4-10,13,16,21H,11-12,14-15,27H2,1-3H3,(H,28,31,32). The zero-order valence-electron chi connectivity index (χ0n) is 19.7. The summed E-state index contributed by atoms with van der Waals surface area (Å²) in [5.74, 6) is -2.01. The van der Waals surface area contributed by atoms with Crippen LogP contribution in [0.15, 0.2) is 48.5 Å². The highest BCUT2D eigenvalue weighted by molar-refractivity contribution is 6.23. The topological polar surface area (TPSA) is 113 Å². The van der Waals surface area contributed by atoms with Crippen LogP contribution in [0.4, 0.5) is 0 Å². The van der Waals surface area contributed by atoms with Crippen molar-refractivity contribution in [3.63, 3.8) is 0 Å². The van der Waals surface area contributed by atoms with Gasteiger partial charge in [0.2, 0.25) is 11.8 Å². The summed E-state index contributed by atoms with van der Waals surface area (Å²) < 4.78 is 0. The predicted molar refractivity (Wildman–Crippen MR) is 127 cm³/mol. The van der Waals surface area contributed by atoms with E-state index in [0.29, 0.717) is 13.1 Å². The van der Waals surface area contributed by atoms with E-state index in [4.69, 9.17) is 5.73 Å². The number of fused-ring (bicyclic) bond motifs is 1. The zero-order valence-corrected chi connectivity index (χ0v) is 19.7. The molecule has 0 spiro atoms. The lowest BCUT2D eigenvalue weighted by Gasteiger charge is -2.35. The maximum Gasteiger partial charge on any atom is 0.262 e. The molecule has 4 amide bonds. The van der Waals surface area contributed by atoms with Crippen molar-refractivity contribution >= 4 is 23.6 Å². The van der Waals surface area contributed by atoms with Gasteiger partial charge in [-0.25, -0.2) is 0 Å². The SMILES string of the molecule is CC(c1ccccc1)N(Cc1ccc2c(c1)C(=O)N(C1CCC(=O)NC1=O)C2=O)CC(C)(C)N. The minimum absolute atomic E-state index is 0.0783. The Bertz CT molecular complexity index is 1140. The molecule has 2 aromatic rings. The van der Waals surface area contributed by atoms with E-state index < -0.39 is 35.2 Å². The molecular formula is C26H30N4O4. The average Bonchev–Trinajstić information content (AvgIpc) is 3.02. The number of imide groups is 2. The van der Waals surface area contributed by atoms with E-state index >= 15 is 0 Å².